The summed E-state index contributed by atoms with van der Waals surface area (Å²) >= 11 is 0. The number of nitrogens with zero attached hydrogens (tertiary/aromatic N) is 2. The summed E-state index contributed by atoms with van der Waals surface area (Å²) in [5, 5.41) is 11.4. The molecule has 1 aliphatic rings. The van der Waals surface area contributed by atoms with E-state index in [1.54, 1.807) is 4.90 Å². The Morgan fingerprint density at radius 3 is 2.33 bits per heavy atom. The van der Waals surface area contributed by atoms with Crippen LogP contribution in [0, 0.1) is 11.6 Å². The van der Waals surface area contributed by atoms with Gasteiger partial charge in [0.25, 0.3) is 0 Å². The van der Waals surface area contributed by atoms with Gasteiger partial charge in [0.2, 0.25) is 0 Å². The molecule has 1 saturated carbocycles. The van der Waals surface area contributed by atoms with Crippen LogP contribution in [-0.2, 0) is 0 Å². The molecule has 0 amide bonds. The van der Waals surface area contributed by atoms with Crippen LogP contribution in [0.1, 0.15) is 44.6 Å². The van der Waals surface area contributed by atoms with Crippen molar-refractivity contribution in [3.8, 4) is 0 Å². The minimum atomic E-state index is -0.677. The van der Waals surface area contributed by atoms with Crippen molar-refractivity contribution in [2.45, 2.75) is 45.1 Å². The molecule has 4 nitrogen and oxygen atoms in total. The number of nitrogens with two attached hydrogens (primary N) is 1. The van der Waals surface area contributed by atoms with E-state index in [-0.39, 0.29) is 23.1 Å². The molecule has 0 aromatic heterocycles. The third-order valence-electron chi connectivity index (χ3n) is 4.06. The van der Waals surface area contributed by atoms with Gasteiger partial charge < -0.3 is 15.8 Å². The molecule has 0 unspecified atom stereocenters. The molecule has 0 radical (unpaired) electrons. The zero-order valence-electron chi connectivity index (χ0n) is 12.1. The van der Waals surface area contributed by atoms with Gasteiger partial charge in [0.1, 0.15) is 17.3 Å². The highest BCUT2D eigenvalue weighted by Gasteiger charge is 2.25. The van der Waals surface area contributed by atoms with Crippen LogP contribution < -0.4 is 10.6 Å². The lowest BCUT2D eigenvalue weighted by Crippen LogP contribution is -2.38. The van der Waals surface area contributed by atoms with Crippen molar-refractivity contribution in [3.63, 3.8) is 0 Å². The second-order valence-corrected chi connectivity index (χ2v) is 5.35. The maximum Gasteiger partial charge on any atom is 0.170 e. The Morgan fingerprint density at radius 2 is 1.86 bits per heavy atom. The van der Waals surface area contributed by atoms with E-state index in [2.05, 4.69) is 5.16 Å². The Balaban J connectivity index is 2.37. The van der Waals surface area contributed by atoms with E-state index in [9.17, 15) is 8.78 Å². The van der Waals surface area contributed by atoms with Gasteiger partial charge in [0, 0.05) is 18.2 Å². The zero-order valence-corrected chi connectivity index (χ0v) is 12.1. The minimum absolute atomic E-state index is 0.0149. The summed E-state index contributed by atoms with van der Waals surface area (Å²) in [7, 11) is 0. The Labute approximate surface area is 123 Å². The van der Waals surface area contributed by atoms with Crippen LogP contribution in [-0.4, -0.2) is 23.6 Å². The van der Waals surface area contributed by atoms with E-state index in [0.717, 1.165) is 37.8 Å². The molecule has 21 heavy (non-hydrogen) atoms. The number of hydrogen-bond acceptors (Lipinski definition) is 3. The topological polar surface area (TPSA) is 61.8 Å². The van der Waals surface area contributed by atoms with E-state index < -0.39 is 11.6 Å². The molecular formula is C15H21F2N3O. The number of hydrogen-bond donors (Lipinski definition) is 2. The predicted molar refractivity (Wildman–Crippen MR) is 78.8 cm³/mol. The van der Waals surface area contributed by atoms with E-state index in [0.29, 0.717) is 6.54 Å². The Morgan fingerprint density at radius 1 is 1.29 bits per heavy atom. The van der Waals surface area contributed by atoms with Gasteiger partial charge in [0.05, 0.1) is 0 Å². The molecule has 1 aromatic carbocycles. The minimum Gasteiger partial charge on any atom is -0.409 e. The largest absolute Gasteiger partial charge is 0.409 e. The Kier molecular flexibility index (Phi) is 4.98. The summed E-state index contributed by atoms with van der Waals surface area (Å²) in [5.74, 6) is -1.66. The van der Waals surface area contributed by atoms with Gasteiger partial charge in [0.15, 0.2) is 5.84 Å². The molecule has 0 saturated heterocycles. The van der Waals surface area contributed by atoms with Crippen LogP contribution in [0.2, 0.25) is 0 Å². The van der Waals surface area contributed by atoms with Crippen LogP contribution in [0.25, 0.3) is 0 Å². The van der Waals surface area contributed by atoms with Crippen molar-refractivity contribution >= 4 is 11.5 Å². The monoisotopic (exact) mass is 297 g/mol. The first-order chi connectivity index (χ1) is 10.1. The molecule has 2 rings (SSSR count). The molecular weight excluding hydrogens is 276 g/mol. The smallest absolute Gasteiger partial charge is 0.170 e. The normalized spacial score (nSPS) is 17.0. The number of anilines is 1. The lowest BCUT2D eigenvalue weighted by atomic mass is 9.93. The summed E-state index contributed by atoms with van der Waals surface area (Å²) in [6.45, 7) is 2.44. The first kappa shape index (κ1) is 15.5. The standard InChI is InChI=1S/C15H21F2N3O/c1-2-20(11-6-4-3-5-7-11)14-12(16)8-10(9-13(14)17)15(18)19-21/h8-9,11,21H,2-7H2,1H3,(H2,18,19). The number of benzene rings is 1. The van der Waals surface area contributed by atoms with Crippen molar-refractivity contribution in [2.24, 2.45) is 10.9 Å². The molecule has 0 bridgehead atoms. The molecule has 1 aliphatic carbocycles. The molecule has 6 heteroatoms. The quantitative estimate of drug-likeness (QED) is 0.388. The third-order valence-corrected chi connectivity index (χ3v) is 4.06. The first-order valence-electron chi connectivity index (χ1n) is 7.32. The van der Waals surface area contributed by atoms with Gasteiger partial charge >= 0.3 is 0 Å². The van der Waals surface area contributed by atoms with Gasteiger partial charge in [-0.25, -0.2) is 8.78 Å². The number of oxime groups is 1. The zero-order chi connectivity index (χ0) is 15.4. The van der Waals surface area contributed by atoms with Crippen LogP contribution in [0.15, 0.2) is 17.3 Å². The second kappa shape index (κ2) is 6.74. The van der Waals surface area contributed by atoms with Crippen molar-refractivity contribution in [1.82, 2.24) is 0 Å². The van der Waals surface area contributed by atoms with E-state index >= 15 is 0 Å². The van der Waals surface area contributed by atoms with E-state index in [4.69, 9.17) is 10.9 Å². The average Bonchev–Trinajstić information content (AvgIpc) is 2.50. The van der Waals surface area contributed by atoms with Crippen LogP contribution in [0.4, 0.5) is 14.5 Å². The summed E-state index contributed by atoms with van der Waals surface area (Å²) in [5.41, 5.74) is 5.41. The maximum absolute atomic E-state index is 14.3. The van der Waals surface area contributed by atoms with Crippen molar-refractivity contribution in [3.05, 3.63) is 29.3 Å². The first-order valence-corrected chi connectivity index (χ1v) is 7.32. The lowest BCUT2D eigenvalue weighted by molar-refractivity contribution is 0.318. The SMILES string of the molecule is CCN(c1c(F)cc(C(N)=NO)cc1F)C1CCCCC1. The molecule has 1 aromatic rings. The lowest BCUT2D eigenvalue weighted by Gasteiger charge is -2.35. The second-order valence-electron chi connectivity index (χ2n) is 5.35. The van der Waals surface area contributed by atoms with Gasteiger partial charge in [-0.05, 0) is 31.9 Å². The highest BCUT2D eigenvalue weighted by Crippen LogP contribution is 2.31. The number of halogens is 2. The highest BCUT2D eigenvalue weighted by atomic mass is 19.1. The van der Waals surface area contributed by atoms with E-state index in [1.807, 2.05) is 6.92 Å². The van der Waals surface area contributed by atoms with Gasteiger partial charge in [-0.2, -0.15) is 0 Å². The molecule has 0 aliphatic heterocycles. The molecule has 0 heterocycles. The Hall–Kier alpha value is -1.85. The van der Waals surface area contributed by atoms with Gasteiger partial charge in [-0.15, -0.1) is 0 Å². The van der Waals surface area contributed by atoms with E-state index in [1.165, 1.54) is 6.42 Å². The average molecular weight is 297 g/mol. The fourth-order valence-corrected chi connectivity index (χ4v) is 3.04. The fraction of sp³-hybridized carbons (Fsp3) is 0.533. The molecule has 3 N–H and O–H groups in total. The van der Waals surface area contributed by atoms with Gasteiger partial charge in [-0.3, -0.25) is 0 Å². The molecule has 0 atom stereocenters. The fourth-order valence-electron chi connectivity index (χ4n) is 3.04. The van der Waals surface area contributed by atoms with Gasteiger partial charge in [-0.1, -0.05) is 24.4 Å². The maximum atomic E-state index is 14.3. The molecule has 116 valence electrons. The molecule has 1 fully saturated rings. The van der Waals surface area contributed by atoms with Crippen molar-refractivity contribution in [1.29, 1.82) is 0 Å². The Bertz CT molecular complexity index is 505. The van der Waals surface area contributed by atoms with Crippen molar-refractivity contribution < 1.29 is 14.0 Å². The summed E-state index contributed by atoms with van der Waals surface area (Å²) < 4.78 is 28.7. The van der Waals surface area contributed by atoms with Crippen LogP contribution in [0.3, 0.4) is 0 Å². The van der Waals surface area contributed by atoms with Crippen LogP contribution in [0.5, 0.6) is 0 Å². The van der Waals surface area contributed by atoms with Crippen LogP contribution >= 0.6 is 0 Å². The number of rotatable bonds is 4. The van der Waals surface area contributed by atoms with Crippen molar-refractivity contribution in [2.75, 3.05) is 11.4 Å². The highest BCUT2D eigenvalue weighted by molar-refractivity contribution is 5.97. The summed E-state index contributed by atoms with van der Waals surface area (Å²) in [6.07, 6.45) is 5.27. The third kappa shape index (κ3) is 3.25. The predicted octanol–water partition coefficient (Wildman–Crippen LogP) is 3.22. The summed E-state index contributed by atoms with van der Waals surface area (Å²) in [6, 6.07) is 2.39. The molecule has 0 spiro atoms. The summed E-state index contributed by atoms with van der Waals surface area (Å²) in [4.78, 5) is 1.79. The number of amidine groups is 1.